The van der Waals surface area contributed by atoms with Crippen LogP contribution in [0.2, 0.25) is 0 Å². The van der Waals surface area contributed by atoms with Crippen LogP contribution in [0.1, 0.15) is 37.3 Å². The Morgan fingerprint density at radius 2 is 2.23 bits per heavy atom. The number of aromatic amines is 1. The maximum absolute atomic E-state index is 4.24. The molecule has 0 bridgehead atoms. The third-order valence-corrected chi connectivity index (χ3v) is 2.55. The topological polar surface area (TPSA) is 53.6 Å². The maximum Gasteiger partial charge on any atom is 0.164 e. The molecule has 13 heavy (non-hydrogen) atoms. The molecular weight excluding hydrogens is 164 g/mol. The molecule has 0 aliphatic heterocycles. The van der Waals surface area contributed by atoms with Gasteiger partial charge in [0.15, 0.2) is 5.82 Å². The molecule has 0 saturated heterocycles. The lowest BCUT2D eigenvalue weighted by atomic mass is 10.2. The van der Waals surface area contributed by atoms with Gasteiger partial charge < -0.3 is 5.32 Å². The molecule has 72 valence electrons. The quantitative estimate of drug-likeness (QED) is 0.733. The van der Waals surface area contributed by atoms with Gasteiger partial charge in [0, 0.05) is 6.04 Å². The molecule has 0 amide bonds. The summed E-state index contributed by atoms with van der Waals surface area (Å²) in [5.74, 6) is 1.77. The van der Waals surface area contributed by atoms with Gasteiger partial charge in [-0.1, -0.05) is 12.8 Å². The van der Waals surface area contributed by atoms with Crippen molar-refractivity contribution in [1.29, 1.82) is 0 Å². The third kappa shape index (κ3) is 2.28. The molecule has 2 rings (SSSR count). The molecule has 0 spiro atoms. The highest BCUT2D eigenvalue weighted by Crippen LogP contribution is 2.17. The lowest BCUT2D eigenvalue weighted by Crippen LogP contribution is -2.25. The summed E-state index contributed by atoms with van der Waals surface area (Å²) < 4.78 is 0. The summed E-state index contributed by atoms with van der Waals surface area (Å²) in [5.41, 5.74) is 0. The summed E-state index contributed by atoms with van der Waals surface area (Å²) in [7, 11) is 0. The molecule has 0 aromatic carbocycles. The smallest absolute Gasteiger partial charge is 0.164 e. The average Bonchev–Trinajstić information content (AvgIpc) is 2.71. The maximum atomic E-state index is 4.24. The van der Waals surface area contributed by atoms with Gasteiger partial charge in [0.25, 0.3) is 0 Å². The summed E-state index contributed by atoms with van der Waals surface area (Å²) in [5, 5.41) is 10.4. The van der Waals surface area contributed by atoms with Crippen LogP contribution in [-0.4, -0.2) is 21.2 Å². The lowest BCUT2D eigenvalue weighted by molar-refractivity contribution is 0.514. The van der Waals surface area contributed by atoms with E-state index in [2.05, 4.69) is 20.5 Å². The van der Waals surface area contributed by atoms with E-state index < -0.39 is 0 Å². The van der Waals surface area contributed by atoms with Crippen LogP contribution in [0.5, 0.6) is 0 Å². The van der Waals surface area contributed by atoms with E-state index in [1.165, 1.54) is 25.7 Å². The predicted molar refractivity (Wildman–Crippen MR) is 50.2 cm³/mol. The van der Waals surface area contributed by atoms with E-state index in [0.29, 0.717) is 6.04 Å². The lowest BCUT2D eigenvalue weighted by Gasteiger charge is -2.08. The minimum Gasteiger partial charge on any atom is -0.307 e. The van der Waals surface area contributed by atoms with Gasteiger partial charge in [-0.15, -0.1) is 0 Å². The molecule has 1 saturated carbocycles. The molecule has 1 aliphatic carbocycles. The summed E-state index contributed by atoms with van der Waals surface area (Å²) in [6, 6.07) is 0.693. The van der Waals surface area contributed by atoms with Gasteiger partial charge in [0.2, 0.25) is 0 Å². The summed E-state index contributed by atoms with van der Waals surface area (Å²) >= 11 is 0. The molecule has 0 unspecified atom stereocenters. The fraction of sp³-hybridized carbons (Fsp3) is 0.778. The van der Waals surface area contributed by atoms with Crippen molar-refractivity contribution in [3.63, 3.8) is 0 Å². The SMILES string of the molecule is Cc1nc(CNC2CCCC2)n[nH]1. The zero-order valence-corrected chi connectivity index (χ0v) is 8.01. The van der Waals surface area contributed by atoms with Crippen molar-refractivity contribution in [3.8, 4) is 0 Å². The number of hydrogen-bond acceptors (Lipinski definition) is 3. The van der Waals surface area contributed by atoms with Crippen LogP contribution >= 0.6 is 0 Å². The molecule has 4 nitrogen and oxygen atoms in total. The van der Waals surface area contributed by atoms with Crippen LogP contribution < -0.4 is 5.32 Å². The van der Waals surface area contributed by atoms with Crippen molar-refractivity contribution in [3.05, 3.63) is 11.6 Å². The molecule has 1 aliphatic rings. The average molecular weight is 180 g/mol. The van der Waals surface area contributed by atoms with Crippen molar-refractivity contribution in [2.45, 2.75) is 45.2 Å². The molecule has 1 fully saturated rings. The van der Waals surface area contributed by atoms with Crippen LogP contribution in [0.3, 0.4) is 0 Å². The first-order valence-corrected chi connectivity index (χ1v) is 4.96. The van der Waals surface area contributed by atoms with Crippen molar-refractivity contribution in [2.75, 3.05) is 0 Å². The number of nitrogens with one attached hydrogen (secondary N) is 2. The molecule has 2 N–H and O–H groups in total. The fourth-order valence-corrected chi connectivity index (χ4v) is 1.83. The Balaban J connectivity index is 1.78. The highest BCUT2D eigenvalue weighted by Gasteiger charge is 2.14. The minimum atomic E-state index is 0.693. The Bertz CT molecular complexity index is 262. The molecule has 1 heterocycles. The van der Waals surface area contributed by atoms with E-state index in [9.17, 15) is 0 Å². The van der Waals surface area contributed by atoms with E-state index in [0.717, 1.165) is 18.2 Å². The Morgan fingerprint density at radius 3 is 2.85 bits per heavy atom. The van der Waals surface area contributed by atoms with Crippen LogP contribution in [0.4, 0.5) is 0 Å². The van der Waals surface area contributed by atoms with E-state index in [1.54, 1.807) is 0 Å². The normalized spacial score (nSPS) is 18.2. The van der Waals surface area contributed by atoms with Crippen LogP contribution in [0.15, 0.2) is 0 Å². The van der Waals surface area contributed by atoms with Gasteiger partial charge in [-0.25, -0.2) is 4.98 Å². The fourth-order valence-electron chi connectivity index (χ4n) is 1.83. The second-order valence-electron chi connectivity index (χ2n) is 3.70. The Hall–Kier alpha value is -0.900. The summed E-state index contributed by atoms with van der Waals surface area (Å²) in [6.45, 7) is 2.72. The predicted octanol–water partition coefficient (Wildman–Crippen LogP) is 1.15. The monoisotopic (exact) mass is 180 g/mol. The molecule has 4 heteroatoms. The minimum absolute atomic E-state index is 0.693. The number of H-pyrrole nitrogens is 1. The van der Waals surface area contributed by atoms with Crippen molar-refractivity contribution >= 4 is 0 Å². The van der Waals surface area contributed by atoms with Gasteiger partial charge in [-0.3, -0.25) is 5.10 Å². The van der Waals surface area contributed by atoms with Crippen molar-refractivity contribution in [2.24, 2.45) is 0 Å². The van der Waals surface area contributed by atoms with Gasteiger partial charge in [-0.05, 0) is 19.8 Å². The number of rotatable bonds is 3. The van der Waals surface area contributed by atoms with Gasteiger partial charge >= 0.3 is 0 Å². The first-order valence-electron chi connectivity index (χ1n) is 4.96. The van der Waals surface area contributed by atoms with Crippen molar-refractivity contribution in [1.82, 2.24) is 20.5 Å². The highest BCUT2D eigenvalue weighted by molar-refractivity contribution is 4.88. The summed E-state index contributed by atoms with van der Waals surface area (Å²) in [6.07, 6.45) is 5.35. The van der Waals surface area contributed by atoms with Gasteiger partial charge in [-0.2, -0.15) is 5.10 Å². The number of aryl methyl sites for hydroxylation is 1. The largest absolute Gasteiger partial charge is 0.307 e. The molecule has 0 atom stereocenters. The Morgan fingerprint density at radius 1 is 1.46 bits per heavy atom. The molecular formula is C9H16N4. The summed E-state index contributed by atoms with van der Waals surface area (Å²) in [4.78, 5) is 4.24. The molecule has 0 radical (unpaired) electrons. The van der Waals surface area contributed by atoms with Crippen molar-refractivity contribution < 1.29 is 0 Å². The molecule has 1 aromatic rings. The zero-order chi connectivity index (χ0) is 9.10. The number of hydrogen-bond donors (Lipinski definition) is 2. The number of nitrogens with zero attached hydrogens (tertiary/aromatic N) is 2. The zero-order valence-electron chi connectivity index (χ0n) is 8.01. The first kappa shape index (κ1) is 8.69. The molecule has 1 aromatic heterocycles. The third-order valence-electron chi connectivity index (χ3n) is 2.55. The van der Waals surface area contributed by atoms with Gasteiger partial charge in [0.1, 0.15) is 5.82 Å². The van der Waals surface area contributed by atoms with Gasteiger partial charge in [0.05, 0.1) is 6.54 Å². The van der Waals surface area contributed by atoms with Crippen LogP contribution in [0.25, 0.3) is 0 Å². The first-order chi connectivity index (χ1) is 6.34. The van der Waals surface area contributed by atoms with Crippen LogP contribution in [0, 0.1) is 6.92 Å². The highest BCUT2D eigenvalue weighted by atomic mass is 15.2. The second-order valence-corrected chi connectivity index (χ2v) is 3.70. The van der Waals surface area contributed by atoms with E-state index in [4.69, 9.17) is 0 Å². The van der Waals surface area contributed by atoms with E-state index in [-0.39, 0.29) is 0 Å². The van der Waals surface area contributed by atoms with E-state index >= 15 is 0 Å². The Kier molecular flexibility index (Phi) is 2.59. The standard InChI is InChI=1S/C9H16N4/c1-7-11-9(13-12-7)6-10-8-4-2-3-5-8/h8,10H,2-6H2,1H3,(H,11,12,13). The second kappa shape index (κ2) is 3.87. The van der Waals surface area contributed by atoms with Crippen LogP contribution in [-0.2, 0) is 6.54 Å². The van der Waals surface area contributed by atoms with E-state index in [1.807, 2.05) is 6.92 Å². The number of aromatic nitrogens is 3. The Labute approximate surface area is 78.1 Å².